The average molecular weight is 453 g/mol. The van der Waals surface area contributed by atoms with E-state index in [0.29, 0.717) is 30.2 Å². The summed E-state index contributed by atoms with van der Waals surface area (Å²) in [7, 11) is -2.10. The zero-order chi connectivity index (χ0) is 22.6. The van der Waals surface area contributed by atoms with Gasteiger partial charge >= 0.3 is 0 Å². The molecule has 1 amide bonds. The van der Waals surface area contributed by atoms with Crippen LogP contribution in [0.5, 0.6) is 11.5 Å². The average Bonchev–Trinajstić information content (AvgIpc) is 2.83. The molecule has 8 heteroatoms. The quantitative estimate of drug-likeness (QED) is 0.594. The van der Waals surface area contributed by atoms with Crippen LogP contribution in [0.3, 0.4) is 0 Å². The predicted octanol–water partition coefficient (Wildman–Crippen LogP) is 3.46. The van der Waals surface area contributed by atoms with Gasteiger partial charge in [0.25, 0.3) is 5.91 Å². The molecule has 1 N–H and O–H groups in total. The normalized spacial score (nSPS) is 13.8. The van der Waals surface area contributed by atoms with E-state index in [1.165, 1.54) is 11.4 Å². The highest BCUT2D eigenvalue weighted by Gasteiger charge is 2.28. The van der Waals surface area contributed by atoms with Gasteiger partial charge in [-0.25, -0.2) is 8.42 Å². The number of fused-ring (bicyclic) bond motifs is 1. The monoisotopic (exact) mass is 452 g/mol. The van der Waals surface area contributed by atoms with Crippen LogP contribution in [-0.2, 0) is 27.8 Å². The highest BCUT2D eigenvalue weighted by molar-refractivity contribution is 7.89. The van der Waals surface area contributed by atoms with Crippen LogP contribution in [-0.4, -0.2) is 38.9 Å². The van der Waals surface area contributed by atoms with Gasteiger partial charge in [-0.05, 0) is 66.1 Å². The first kappa shape index (κ1) is 21.9. The molecule has 4 rings (SSSR count). The number of ether oxygens (including phenoxy) is 2. The van der Waals surface area contributed by atoms with Gasteiger partial charge in [-0.2, -0.15) is 4.31 Å². The lowest BCUT2D eigenvalue weighted by Gasteiger charge is -2.28. The van der Waals surface area contributed by atoms with Crippen molar-refractivity contribution in [1.29, 1.82) is 0 Å². The van der Waals surface area contributed by atoms with Crippen LogP contribution in [0.4, 0.5) is 5.69 Å². The summed E-state index contributed by atoms with van der Waals surface area (Å²) in [4.78, 5) is 12.5. The van der Waals surface area contributed by atoms with Crippen molar-refractivity contribution < 1.29 is 22.7 Å². The lowest BCUT2D eigenvalue weighted by atomic mass is 10.0. The molecule has 0 bridgehead atoms. The van der Waals surface area contributed by atoms with Crippen molar-refractivity contribution in [2.45, 2.75) is 17.9 Å². The number of hydrogen-bond acceptors (Lipinski definition) is 5. The van der Waals surface area contributed by atoms with E-state index >= 15 is 0 Å². The highest BCUT2D eigenvalue weighted by atomic mass is 32.2. The van der Waals surface area contributed by atoms with Crippen LogP contribution in [0.2, 0.25) is 0 Å². The number of nitrogens with zero attached hydrogens (tertiary/aromatic N) is 1. The first-order chi connectivity index (χ1) is 15.5. The van der Waals surface area contributed by atoms with Crippen LogP contribution in [0.25, 0.3) is 0 Å². The Hall–Kier alpha value is -3.36. The Bertz CT molecular complexity index is 1190. The standard InChI is InChI=1S/C24H24N2O5S/c1-30-21-9-11-23(12-10-21)32(28,29)26-14-13-18-7-8-20(15-19(18)16-26)25-24(27)17-31-22-5-3-2-4-6-22/h2-12,15H,13-14,16-17H2,1H3,(H,25,27). The summed E-state index contributed by atoms with van der Waals surface area (Å²) in [5.41, 5.74) is 2.55. The van der Waals surface area contributed by atoms with E-state index in [-0.39, 0.29) is 24.0 Å². The molecule has 3 aromatic rings. The van der Waals surface area contributed by atoms with Crippen molar-refractivity contribution >= 4 is 21.6 Å². The van der Waals surface area contributed by atoms with Gasteiger partial charge in [-0.15, -0.1) is 0 Å². The van der Waals surface area contributed by atoms with Crippen LogP contribution in [0.1, 0.15) is 11.1 Å². The summed E-state index contributed by atoms with van der Waals surface area (Å²) in [6, 6.07) is 21.1. The highest BCUT2D eigenvalue weighted by Crippen LogP contribution is 2.28. The second kappa shape index (κ2) is 9.42. The van der Waals surface area contributed by atoms with Crippen LogP contribution in [0, 0.1) is 0 Å². The number of sulfonamides is 1. The van der Waals surface area contributed by atoms with Crippen molar-refractivity contribution in [3.8, 4) is 11.5 Å². The van der Waals surface area contributed by atoms with Crippen molar-refractivity contribution in [3.05, 3.63) is 83.9 Å². The van der Waals surface area contributed by atoms with E-state index in [0.717, 1.165) is 11.1 Å². The molecule has 0 fully saturated rings. The van der Waals surface area contributed by atoms with Gasteiger partial charge < -0.3 is 14.8 Å². The van der Waals surface area contributed by atoms with E-state index in [1.807, 2.05) is 36.4 Å². The van der Waals surface area contributed by atoms with Gasteiger partial charge in [0.05, 0.1) is 12.0 Å². The number of amides is 1. The number of carbonyl (C=O) groups is 1. The number of carbonyl (C=O) groups excluding carboxylic acids is 1. The summed E-state index contributed by atoms with van der Waals surface area (Å²) in [6.07, 6.45) is 0.607. The summed E-state index contributed by atoms with van der Waals surface area (Å²) in [6.45, 7) is 0.533. The molecule has 0 unspecified atom stereocenters. The lowest BCUT2D eigenvalue weighted by Crippen LogP contribution is -2.36. The third-order valence-corrected chi connectivity index (χ3v) is 7.14. The number of methoxy groups -OCH3 is 1. The molecule has 0 saturated carbocycles. The van der Waals surface area contributed by atoms with Crippen LogP contribution in [0.15, 0.2) is 77.7 Å². The minimum absolute atomic E-state index is 0.112. The van der Waals surface area contributed by atoms with E-state index in [1.54, 1.807) is 36.4 Å². The SMILES string of the molecule is COc1ccc(S(=O)(=O)N2CCc3ccc(NC(=O)COc4ccccc4)cc3C2)cc1. The Balaban J connectivity index is 1.43. The maximum absolute atomic E-state index is 13.1. The van der Waals surface area contributed by atoms with Crippen LogP contribution >= 0.6 is 0 Å². The fourth-order valence-corrected chi connectivity index (χ4v) is 4.99. The molecule has 0 aromatic heterocycles. The Morgan fingerprint density at radius 2 is 1.72 bits per heavy atom. The number of para-hydroxylation sites is 1. The molecule has 1 aliphatic heterocycles. The Morgan fingerprint density at radius 3 is 2.44 bits per heavy atom. The van der Waals surface area contributed by atoms with Crippen molar-refractivity contribution in [2.24, 2.45) is 0 Å². The summed E-state index contributed by atoms with van der Waals surface area (Å²) >= 11 is 0. The molecule has 1 aliphatic rings. The molecular formula is C24H24N2O5S. The molecule has 7 nitrogen and oxygen atoms in total. The lowest BCUT2D eigenvalue weighted by molar-refractivity contribution is -0.118. The van der Waals surface area contributed by atoms with Gasteiger partial charge in [0.2, 0.25) is 10.0 Å². The van der Waals surface area contributed by atoms with E-state index in [2.05, 4.69) is 5.32 Å². The van der Waals surface area contributed by atoms with Gasteiger partial charge in [0.15, 0.2) is 6.61 Å². The summed E-state index contributed by atoms with van der Waals surface area (Å²) in [5, 5.41) is 2.81. The predicted molar refractivity (Wildman–Crippen MR) is 121 cm³/mol. The number of rotatable bonds is 7. The van der Waals surface area contributed by atoms with Crippen molar-refractivity contribution in [3.63, 3.8) is 0 Å². The third kappa shape index (κ3) is 4.92. The molecule has 0 atom stereocenters. The van der Waals surface area contributed by atoms with Gasteiger partial charge in [-0.3, -0.25) is 4.79 Å². The largest absolute Gasteiger partial charge is 0.497 e. The smallest absolute Gasteiger partial charge is 0.262 e. The molecule has 0 aliphatic carbocycles. The minimum atomic E-state index is -3.63. The molecular weight excluding hydrogens is 428 g/mol. The molecule has 166 valence electrons. The van der Waals surface area contributed by atoms with E-state index < -0.39 is 10.0 Å². The number of anilines is 1. The second-order valence-electron chi connectivity index (χ2n) is 7.40. The maximum atomic E-state index is 13.1. The first-order valence-electron chi connectivity index (χ1n) is 10.2. The Morgan fingerprint density at radius 1 is 0.969 bits per heavy atom. The minimum Gasteiger partial charge on any atom is -0.497 e. The van der Waals surface area contributed by atoms with Crippen LogP contribution < -0.4 is 14.8 Å². The maximum Gasteiger partial charge on any atom is 0.262 e. The molecule has 0 spiro atoms. The second-order valence-corrected chi connectivity index (χ2v) is 9.34. The topological polar surface area (TPSA) is 84.9 Å². The summed E-state index contributed by atoms with van der Waals surface area (Å²) in [5.74, 6) is 0.935. The number of hydrogen-bond donors (Lipinski definition) is 1. The van der Waals surface area contributed by atoms with E-state index in [9.17, 15) is 13.2 Å². The zero-order valence-electron chi connectivity index (χ0n) is 17.7. The molecule has 1 heterocycles. The molecule has 3 aromatic carbocycles. The van der Waals surface area contributed by atoms with Crippen molar-refractivity contribution in [2.75, 3.05) is 25.6 Å². The van der Waals surface area contributed by atoms with Gasteiger partial charge in [0, 0.05) is 18.8 Å². The Labute approximate surface area is 187 Å². The van der Waals surface area contributed by atoms with Gasteiger partial charge in [0.1, 0.15) is 11.5 Å². The number of benzene rings is 3. The zero-order valence-corrected chi connectivity index (χ0v) is 18.5. The van der Waals surface area contributed by atoms with Crippen molar-refractivity contribution in [1.82, 2.24) is 4.31 Å². The Kier molecular flexibility index (Phi) is 6.43. The fourth-order valence-electron chi connectivity index (χ4n) is 3.57. The summed E-state index contributed by atoms with van der Waals surface area (Å²) < 4.78 is 38.2. The fraction of sp³-hybridized carbons (Fsp3) is 0.208. The van der Waals surface area contributed by atoms with Gasteiger partial charge in [-0.1, -0.05) is 24.3 Å². The van der Waals surface area contributed by atoms with E-state index in [4.69, 9.17) is 9.47 Å². The first-order valence-corrected chi connectivity index (χ1v) is 11.6. The third-order valence-electron chi connectivity index (χ3n) is 5.28. The molecule has 32 heavy (non-hydrogen) atoms. The molecule has 0 radical (unpaired) electrons. The number of nitrogens with one attached hydrogen (secondary N) is 1. The molecule has 0 saturated heterocycles.